The smallest absolute Gasteiger partial charge is 0.0466 e. The maximum atomic E-state index is 2.88. The Morgan fingerprint density at radius 1 is 0.682 bits per heavy atom. The Balaban J connectivity index is 1.67. The van der Waals surface area contributed by atoms with Crippen molar-refractivity contribution in [2.75, 3.05) is 13.1 Å². The minimum Gasteiger partial charge on any atom is -0.294 e. The fourth-order valence-corrected chi connectivity index (χ4v) is 5.77. The zero-order valence-electron chi connectivity index (χ0n) is 14.0. The van der Waals surface area contributed by atoms with Crippen molar-refractivity contribution in [3.05, 3.63) is 35.9 Å². The molecule has 1 unspecified atom stereocenters. The highest BCUT2D eigenvalue weighted by Crippen LogP contribution is 2.58. The number of hydrogen-bond donors (Lipinski definition) is 0. The summed E-state index contributed by atoms with van der Waals surface area (Å²) in [6, 6.07) is 11.5. The van der Waals surface area contributed by atoms with Crippen LogP contribution in [0.4, 0.5) is 0 Å². The molecule has 1 heteroatoms. The van der Waals surface area contributed by atoms with E-state index >= 15 is 0 Å². The van der Waals surface area contributed by atoms with E-state index < -0.39 is 0 Å². The van der Waals surface area contributed by atoms with Gasteiger partial charge in [0.05, 0.1) is 0 Å². The molecule has 120 valence electrons. The number of rotatable bonds is 2. The van der Waals surface area contributed by atoms with Gasteiger partial charge in [0.25, 0.3) is 0 Å². The van der Waals surface area contributed by atoms with Gasteiger partial charge in [0.1, 0.15) is 0 Å². The van der Waals surface area contributed by atoms with Crippen molar-refractivity contribution in [3.8, 4) is 0 Å². The maximum absolute atomic E-state index is 2.88. The van der Waals surface area contributed by atoms with Gasteiger partial charge in [-0.3, -0.25) is 4.90 Å². The highest BCUT2D eigenvalue weighted by Gasteiger charge is 2.51. The minimum atomic E-state index is 0.360. The summed E-state index contributed by atoms with van der Waals surface area (Å²) in [4.78, 5) is 2.88. The molecule has 1 aliphatic heterocycles. The fraction of sp³-hybridized carbons (Fsp3) is 0.714. The highest BCUT2D eigenvalue weighted by molar-refractivity contribution is 5.28. The van der Waals surface area contributed by atoms with Gasteiger partial charge >= 0.3 is 0 Å². The monoisotopic (exact) mass is 297 g/mol. The SMILES string of the molecule is c1ccc(C2(N3CCCCC3)CCC3(CCCCC3)C2)cc1. The van der Waals surface area contributed by atoms with Gasteiger partial charge in [-0.25, -0.2) is 0 Å². The molecule has 4 rings (SSSR count). The number of likely N-dealkylation sites (tertiary alicyclic amines) is 1. The summed E-state index contributed by atoms with van der Waals surface area (Å²) >= 11 is 0. The van der Waals surface area contributed by atoms with Crippen molar-refractivity contribution < 1.29 is 0 Å². The lowest BCUT2D eigenvalue weighted by Crippen LogP contribution is -2.47. The van der Waals surface area contributed by atoms with Crippen LogP contribution >= 0.6 is 0 Å². The Hall–Kier alpha value is -0.820. The van der Waals surface area contributed by atoms with E-state index in [2.05, 4.69) is 35.2 Å². The van der Waals surface area contributed by atoms with Gasteiger partial charge in [-0.1, -0.05) is 56.0 Å². The van der Waals surface area contributed by atoms with Gasteiger partial charge < -0.3 is 0 Å². The normalized spacial score (nSPS) is 32.4. The molecule has 1 aromatic carbocycles. The van der Waals surface area contributed by atoms with E-state index in [0.717, 1.165) is 0 Å². The third-order valence-electron chi connectivity index (χ3n) is 6.92. The van der Waals surface area contributed by atoms with Crippen LogP contribution in [0.25, 0.3) is 0 Å². The van der Waals surface area contributed by atoms with E-state index in [1.807, 2.05) is 0 Å². The molecule has 1 aromatic rings. The lowest BCUT2D eigenvalue weighted by atomic mass is 9.70. The van der Waals surface area contributed by atoms with Crippen molar-refractivity contribution in [1.82, 2.24) is 4.90 Å². The van der Waals surface area contributed by atoms with Crippen LogP contribution in [0.5, 0.6) is 0 Å². The first-order valence-corrected chi connectivity index (χ1v) is 9.64. The second-order valence-corrected chi connectivity index (χ2v) is 8.18. The predicted molar refractivity (Wildman–Crippen MR) is 92.9 cm³/mol. The molecule has 3 fully saturated rings. The van der Waals surface area contributed by atoms with E-state index in [9.17, 15) is 0 Å². The molecular weight excluding hydrogens is 266 g/mol. The standard InChI is InChI=1S/C21H31N/c1-4-10-19(11-5-1)21(22-16-8-3-9-17-22)15-14-20(18-21)12-6-2-7-13-20/h1,4-5,10-11H,2-3,6-9,12-18H2. The largest absolute Gasteiger partial charge is 0.294 e. The summed E-state index contributed by atoms with van der Waals surface area (Å²) in [5, 5.41) is 0. The van der Waals surface area contributed by atoms with E-state index in [1.165, 1.54) is 83.7 Å². The lowest BCUT2D eigenvalue weighted by Gasteiger charge is -2.46. The van der Waals surface area contributed by atoms with E-state index in [-0.39, 0.29) is 0 Å². The Morgan fingerprint density at radius 2 is 1.36 bits per heavy atom. The fourth-order valence-electron chi connectivity index (χ4n) is 5.77. The number of nitrogens with zero attached hydrogens (tertiary/aromatic N) is 1. The third-order valence-corrected chi connectivity index (χ3v) is 6.92. The van der Waals surface area contributed by atoms with Gasteiger partial charge in [0.2, 0.25) is 0 Å². The number of hydrogen-bond acceptors (Lipinski definition) is 1. The molecule has 1 heterocycles. The summed E-state index contributed by atoms with van der Waals surface area (Å²) in [7, 11) is 0. The van der Waals surface area contributed by atoms with Crippen molar-refractivity contribution in [2.24, 2.45) is 5.41 Å². The van der Waals surface area contributed by atoms with Crippen LogP contribution in [0, 0.1) is 5.41 Å². The Labute approximate surface area is 136 Å². The predicted octanol–water partition coefficient (Wildman–Crippen LogP) is 5.50. The molecule has 1 atom stereocenters. The van der Waals surface area contributed by atoms with Crippen molar-refractivity contribution in [1.29, 1.82) is 0 Å². The van der Waals surface area contributed by atoms with E-state index in [4.69, 9.17) is 0 Å². The zero-order valence-corrected chi connectivity index (χ0v) is 14.0. The molecule has 0 aromatic heterocycles. The van der Waals surface area contributed by atoms with Gasteiger partial charge in [0.15, 0.2) is 0 Å². The van der Waals surface area contributed by atoms with Crippen LogP contribution in [0.3, 0.4) is 0 Å². The van der Waals surface area contributed by atoms with Crippen LogP contribution in [0.1, 0.15) is 76.2 Å². The lowest BCUT2D eigenvalue weighted by molar-refractivity contribution is 0.0493. The first-order valence-electron chi connectivity index (χ1n) is 9.64. The molecule has 2 aliphatic carbocycles. The summed E-state index contributed by atoms with van der Waals surface area (Å²) in [6.45, 7) is 2.65. The second-order valence-electron chi connectivity index (χ2n) is 8.18. The summed E-state index contributed by atoms with van der Waals surface area (Å²) in [5.41, 5.74) is 2.64. The van der Waals surface area contributed by atoms with Crippen LogP contribution in [-0.4, -0.2) is 18.0 Å². The molecule has 1 spiro atoms. The molecule has 0 radical (unpaired) electrons. The highest BCUT2D eigenvalue weighted by atomic mass is 15.2. The van der Waals surface area contributed by atoms with E-state index in [0.29, 0.717) is 11.0 Å². The van der Waals surface area contributed by atoms with Crippen molar-refractivity contribution in [2.45, 2.75) is 76.2 Å². The maximum Gasteiger partial charge on any atom is 0.0466 e. The summed E-state index contributed by atoms with van der Waals surface area (Å²) in [6.07, 6.45) is 16.0. The summed E-state index contributed by atoms with van der Waals surface area (Å²) in [5.74, 6) is 0. The van der Waals surface area contributed by atoms with E-state index in [1.54, 1.807) is 5.56 Å². The van der Waals surface area contributed by atoms with Crippen LogP contribution in [0.2, 0.25) is 0 Å². The Bertz CT molecular complexity index is 482. The van der Waals surface area contributed by atoms with Gasteiger partial charge in [0, 0.05) is 5.54 Å². The summed E-state index contributed by atoms with van der Waals surface area (Å²) < 4.78 is 0. The molecule has 1 nitrogen and oxygen atoms in total. The average Bonchev–Trinajstić information content (AvgIpc) is 2.97. The van der Waals surface area contributed by atoms with Crippen molar-refractivity contribution >= 4 is 0 Å². The number of benzene rings is 1. The zero-order chi connectivity index (χ0) is 14.9. The van der Waals surface area contributed by atoms with Crippen molar-refractivity contribution in [3.63, 3.8) is 0 Å². The van der Waals surface area contributed by atoms with Gasteiger partial charge in [-0.2, -0.15) is 0 Å². The molecule has 0 N–H and O–H groups in total. The Morgan fingerprint density at radius 3 is 2.09 bits per heavy atom. The van der Waals surface area contributed by atoms with Crippen LogP contribution in [0.15, 0.2) is 30.3 Å². The molecule has 1 saturated heterocycles. The quantitative estimate of drug-likeness (QED) is 0.696. The Kier molecular flexibility index (Phi) is 4.02. The molecule has 0 bridgehead atoms. The average molecular weight is 297 g/mol. The molecule has 0 amide bonds. The third kappa shape index (κ3) is 2.52. The topological polar surface area (TPSA) is 3.24 Å². The number of piperidine rings is 1. The minimum absolute atomic E-state index is 0.360. The van der Waals surface area contributed by atoms with Gasteiger partial charge in [-0.05, 0) is 69.0 Å². The second kappa shape index (κ2) is 6.00. The molecule has 22 heavy (non-hydrogen) atoms. The van der Waals surface area contributed by atoms with Gasteiger partial charge in [-0.15, -0.1) is 0 Å². The molecular formula is C21H31N. The first kappa shape index (κ1) is 14.8. The van der Waals surface area contributed by atoms with Crippen LogP contribution < -0.4 is 0 Å². The van der Waals surface area contributed by atoms with Crippen LogP contribution in [-0.2, 0) is 5.54 Å². The first-order chi connectivity index (χ1) is 10.8. The molecule has 3 aliphatic rings. The molecule has 2 saturated carbocycles.